The lowest BCUT2D eigenvalue weighted by Crippen LogP contribution is -2.37. The van der Waals surface area contributed by atoms with E-state index < -0.39 is 0 Å². The Morgan fingerprint density at radius 3 is 3.15 bits per heavy atom. The summed E-state index contributed by atoms with van der Waals surface area (Å²) >= 11 is 0. The summed E-state index contributed by atoms with van der Waals surface area (Å²) in [5.74, 6) is 1.20. The van der Waals surface area contributed by atoms with Crippen molar-refractivity contribution in [2.45, 2.75) is 19.3 Å². The largest absolute Gasteiger partial charge is 0.494 e. The SMILES string of the molecule is N#Cc1cccc(OCCCN2CCCC(CO)C2)c1. The number of ether oxygens (including phenoxy) is 1. The Morgan fingerprint density at radius 1 is 1.45 bits per heavy atom. The van der Waals surface area contributed by atoms with Gasteiger partial charge in [0, 0.05) is 19.7 Å². The fraction of sp³-hybridized carbons (Fsp3) is 0.562. The number of likely N-dealkylation sites (tertiary alicyclic amines) is 1. The van der Waals surface area contributed by atoms with Crippen LogP contribution >= 0.6 is 0 Å². The zero-order chi connectivity index (χ0) is 14.2. The average Bonchev–Trinajstić information content (AvgIpc) is 2.52. The summed E-state index contributed by atoms with van der Waals surface area (Å²) in [6.07, 6.45) is 3.29. The van der Waals surface area contributed by atoms with Crippen molar-refractivity contribution in [3.05, 3.63) is 29.8 Å². The van der Waals surface area contributed by atoms with Crippen molar-refractivity contribution in [2.24, 2.45) is 5.92 Å². The number of nitrogens with zero attached hydrogens (tertiary/aromatic N) is 2. The molecule has 0 bridgehead atoms. The van der Waals surface area contributed by atoms with E-state index >= 15 is 0 Å². The van der Waals surface area contributed by atoms with Gasteiger partial charge in [-0.3, -0.25) is 0 Å². The Morgan fingerprint density at radius 2 is 2.35 bits per heavy atom. The zero-order valence-corrected chi connectivity index (χ0v) is 11.8. The number of benzene rings is 1. The van der Waals surface area contributed by atoms with Crippen molar-refractivity contribution in [1.82, 2.24) is 4.90 Å². The van der Waals surface area contributed by atoms with Gasteiger partial charge in [-0.25, -0.2) is 0 Å². The van der Waals surface area contributed by atoms with E-state index in [1.54, 1.807) is 12.1 Å². The van der Waals surface area contributed by atoms with Gasteiger partial charge >= 0.3 is 0 Å². The first-order chi connectivity index (χ1) is 9.81. The van der Waals surface area contributed by atoms with Crippen LogP contribution in [0.25, 0.3) is 0 Å². The third-order valence-corrected chi connectivity index (χ3v) is 3.71. The minimum Gasteiger partial charge on any atom is -0.494 e. The predicted octanol–water partition coefficient (Wildman–Crippen LogP) is 2.03. The van der Waals surface area contributed by atoms with E-state index in [4.69, 9.17) is 10.00 Å². The van der Waals surface area contributed by atoms with Crippen LogP contribution in [0.5, 0.6) is 5.75 Å². The maximum absolute atomic E-state index is 9.20. The Hall–Kier alpha value is -1.57. The third-order valence-electron chi connectivity index (χ3n) is 3.71. The number of hydrogen-bond donors (Lipinski definition) is 1. The number of rotatable bonds is 6. The Balaban J connectivity index is 1.67. The molecule has 0 spiro atoms. The van der Waals surface area contributed by atoms with Crippen LogP contribution in [0, 0.1) is 17.2 Å². The molecule has 1 unspecified atom stereocenters. The van der Waals surface area contributed by atoms with Crippen molar-refractivity contribution in [1.29, 1.82) is 5.26 Å². The highest BCUT2D eigenvalue weighted by atomic mass is 16.5. The molecule has 4 nitrogen and oxygen atoms in total. The lowest BCUT2D eigenvalue weighted by Gasteiger charge is -2.31. The Bertz CT molecular complexity index is 456. The second kappa shape index (κ2) is 7.88. The number of piperidine rings is 1. The fourth-order valence-electron chi connectivity index (χ4n) is 2.64. The van der Waals surface area contributed by atoms with Gasteiger partial charge in [-0.1, -0.05) is 6.07 Å². The first-order valence-electron chi connectivity index (χ1n) is 7.28. The monoisotopic (exact) mass is 274 g/mol. The van der Waals surface area contributed by atoms with Crippen molar-refractivity contribution < 1.29 is 9.84 Å². The first kappa shape index (κ1) is 14.8. The molecule has 1 aliphatic heterocycles. The number of nitriles is 1. The minimum atomic E-state index is 0.300. The molecular formula is C16H22N2O2. The molecule has 0 amide bonds. The van der Waals surface area contributed by atoms with Gasteiger partial charge in [0.05, 0.1) is 18.2 Å². The van der Waals surface area contributed by atoms with E-state index in [1.807, 2.05) is 12.1 Å². The van der Waals surface area contributed by atoms with Crippen molar-refractivity contribution >= 4 is 0 Å². The standard InChI is InChI=1S/C16H22N2O2/c17-11-14-4-1-6-16(10-14)20-9-3-8-18-7-2-5-15(12-18)13-19/h1,4,6,10,15,19H,2-3,5,7-9,12-13H2. The van der Waals surface area contributed by atoms with Crippen LogP contribution in [0.2, 0.25) is 0 Å². The topological polar surface area (TPSA) is 56.5 Å². The molecule has 0 radical (unpaired) electrons. The van der Waals surface area contributed by atoms with Gasteiger partial charge in [0.15, 0.2) is 0 Å². The summed E-state index contributed by atoms with van der Waals surface area (Å²) in [5, 5.41) is 18.0. The number of hydrogen-bond acceptors (Lipinski definition) is 4. The minimum absolute atomic E-state index is 0.300. The van der Waals surface area contributed by atoms with Gasteiger partial charge in [-0.15, -0.1) is 0 Å². The van der Waals surface area contributed by atoms with Crippen LogP contribution in [0.3, 0.4) is 0 Å². The summed E-state index contributed by atoms with van der Waals surface area (Å²) < 4.78 is 5.67. The van der Waals surface area contributed by atoms with E-state index in [-0.39, 0.29) is 0 Å². The van der Waals surface area contributed by atoms with Crippen molar-refractivity contribution in [3.63, 3.8) is 0 Å². The predicted molar refractivity (Wildman–Crippen MR) is 77.5 cm³/mol. The summed E-state index contributed by atoms with van der Waals surface area (Å²) in [5.41, 5.74) is 0.629. The van der Waals surface area contributed by atoms with Gasteiger partial charge in [-0.2, -0.15) is 5.26 Å². The summed E-state index contributed by atoms with van der Waals surface area (Å²) in [4.78, 5) is 2.40. The molecule has 1 fully saturated rings. The second-order valence-electron chi connectivity index (χ2n) is 5.33. The summed E-state index contributed by atoms with van der Waals surface area (Å²) in [6, 6.07) is 9.36. The zero-order valence-electron chi connectivity index (χ0n) is 11.8. The number of aliphatic hydroxyl groups excluding tert-OH is 1. The first-order valence-corrected chi connectivity index (χ1v) is 7.28. The molecule has 1 aromatic carbocycles. The van der Waals surface area contributed by atoms with E-state index in [1.165, 1.54) is 6.42 Å². The highest BCUT2D eigenvalue weighted by Gasteiger charge is 2.18. The smallest absolute Gasteiger partial charge is 0.120 e. The molecular weight excluding hydrogens is 252 g/mol. The average molecular weight is 274 g/mol. The highest BCUT2D eigenvalue weighted by molar-refractivity contribution is 5.36. The molecule has 108 valence electrons. The number of aliphatic hydroxyl groups is 1. The summed E-state index contributed by atoms with van der Waals surface area (Å²) in [6.45, 7) is 4.10. The molecule has 1 heterocycles. The molecule has 1 saturated heterocycles. The highest BCUT2D eigenvalue weighted by Crippen LogP contribution is 2.16. The molecule has 1 aliphatic rings. The van der Waals surface area contributed by atoms with Gasteiger partial charge < -0.3 is 14.7 Å². The quantitative estimate of drug-likeness (QED) is 0.806. The lowest BCUT2D eigenvalue weighted by atomic mass is 9.99. The maximum atomic E-state index is 9.20. The van der Waals surface area contributed by atoms with Gasteiger partial charge in [0.25, 0.3) is 0 Å². The van der Waals surface area contributed by atoms with Crippen molar-refractivity contribution in [3.8, 4) is 11.8 Å². The Labute approximate surface area is 120 Å². The fourth-order valence-corrected chi connectivity index (χ4v) is 2.64. The molecule has 0 saturated carbocycles. The van der Waals surface area contributed by atoms with Crippen LogP contribution < -0.4 is 4.74 Å². The molecule has 1 atom stereocenters. The van der Waals surface area contributed by atoms with Crippen molar-refractivity contribution in [2.75, 3.05) is 32.8 Å². The van der Waals surface area contributed by atoms with Crippen LogP contribution in [0.4, 0.5) is 0 Å². The molecule has 1 aromatic rings. The molecule has 4 heteroatoms. The molecule has 1 N–H and O–H groups in total. The second-order valence-corrected chi connectivity index (χ2v) is 5.33. The third kappa shape index (κ3) is 4.52. The normalized spacial score (nSPS) is 19.5. The van der Waals surface area contributed by atoms with E-state index in [2.05, 4.69) is 11.0 Å². The van der Waals surface area contributed by atoms with E-state index in [0.29, 0.717) is 24.7 Å². The molecule has 0 aromatic heterocycles. The van der Waals surface area contributed by atoms with Crippen LogP contribution in [-0.2, 0) is 0 Å². The Kier molecular flexibility index (Phi) is 5.85. The summed E-state index contributed by atoms with van der Waals surface area (Å²) in [7, 11) is 0. The maximum Gasteiger partial charge on any atom is 0.120 e. The molecule has 0 aliphatic carbocycles. The van der Waals surface area contributed by atoms with Crippen LogP contribution in [-0.4, -0.2) is 42.9 Å². The van der Waals surface area contributed by atoms with Crippen LogP contribution in [0.15, 0.2) is 24.3 Å². The lowest BCUT2D eigenvalue weighted by molar-refractivity contribution is 0.115. The molecule has 20 heavy (non-hydrogen) atoms. The van der Waals surface area contributed by atoms with Gasteiger partial charge in [0.2, 0.25) is 0 Å². The van der Waals surface area contributed by atoms with Crippen LogP contribution in [0.1, 0.15) is 24.8 Å². The molecule has 2 rings (SSSR count). The van der Waals surface area contributed by atoms with Gasteiger partial charge in [0.1, 0.15) is 5.75 Å². The van der Waals surface area contributed by atoms with E-state index in [9.17, 15) is 5.11 Å². The van der Waals surface area contributed by atoms with Gasteiger partial charge in [-0.05, 0) is 49.9 Å². The van der Waals surface area contributed by atoms with E-state index in [0.717, 1.165) is 38.2 Å².